The lowest BCUT2D eigenvalue weighted by atomic mass is 10.2. The van der Waals surface area contributed by atoms with E-state index in [-0.39, 0.29) is 0 Å². The fraction of sp³-hybridized carbons (Fsp3) is 0.0500. The van der Waals surface area contributed by atoms with Gasteiger partial charge < -0.3 is 0 Å². The SMILES string of the molecule is Cc1cc(Sc2nnnn2-c2ccccc2)n2c(nc3ccccc32)c1C#N. The van der Waals surface area contributed by atoms with Gasteiger partial charge >= 0.3 is 0 Å². The molecule has 0 aliphatic heterocycles. The van der Waals surface area contributed by atoms with Gasteiger partial charge in [-0.3, -0.25) is 4.40 Å². The Labute approximate surface area is 164 Å². The number of pyridine rings is 1. The van der Waals surface area contributed by atoms with E-state index in [9.17, 15) is 5.26 Å². The predicted octanol–water partition coefficient (Wildman–Crippen LogP) is 3.79. The van der Waals surface area contributed by atoms with Gasteiger partial charge in [-0.25, -0.2) is 4.98 Å². The van der Waals surface area contributed by atoms with Crippen LogP contribution in [-0.2, 0) is 0 Å². The number of aromatic nitrogens is 6. The van der Waals surface area contributed by atoms with Crippen LogP contribution in [0.4, 0.5) is 0 Å². The van der Waals surface area contributed by atoms with Gasteiger partial charge in [-0.1, -0.05) is 30.3 Å². The van der Waals surface area contributed by atoms with Gasteiger partial charge in [0.05, 0.1) is 27.3 Å². The van der Waals surface area contributed by atoms with Crippen molar-refractivity contribution in [1.82, 2.24) is 29.6 Å². The molecule has 0 aliphatic rings. The minimum Gasteiger partial charge on any atom is -0.285 e. The zero-order valence-electron chi connectivity index (χ0n) is 14.8. The van der Waals surface area contributed by atoms with E-state index in [1.807, 2.05) is 72.0 Å². The van der Waals surface area contributed by atoms with Crippen LogP contribution in [0.15, 0.2) is 70.8 Å². The van der Waals surface area contributed by atoms with Crippen molar-refractivity contribution in [2.45, 2.75) is 17.1 Å². The highest BCUT2D eigenvalue weighted by molar-refractivity contribution is 7.99. The molecule has 3 heterocycles. The molecule has 0 saturated carbocycles. The van der Waals surface area contributed by atoms with E-state index in [1.165, 1.54) is 11.8 Å². The number of rotatable bonds is 3. The Morgan fingerprint density at radius 2 is 1.82 bits per heavy atom. The molecule has 5 aromatic rings. The molecule has 0 fully saturated rings. The summed E-state index contributed by atoms with van der Waals surface area (Å²) in [6.45, 7) is 1.92. The summed E-state index contributed by atoms with van der Waals surface area (Å²) >= 11 is 1.44. The largest absolute Gasteiger partial charge is 0.285 e. The number of hydrogen-bond acceptors (Lipinski definition) is 6. The van der Waals surface area contributed by atoms with Crippen molar-refractivity contribution < 1.29 is 0 Å². The number of benzene rings is 2. The number of nitrogens with zero attached hydrogens (tertiary/aromatic N) is 7. The van der Waals surface area contributed by atoms with Crippen LogP contribution < -0.4 is 0 Å². The molecule has 0 saturated heterocycles. The molecule has 0 unspecified atom stereocenters. The molecule has 0 amide bonds. The number of tetrazole rings is 1. The number of para-hydroxylation sites is 3. The molecular formula is C20H13N7S. The van der Waals surface area contributed by atoms with Gasteiger partial charge in [0.25, 0.3) is 0 Å². The van der Waals surface area contributed by atoms with Crippen molar-refractivity contribution in [1.29, 1.82) is 5.26 Å². The fourth-order valence-electron chi connectivity index (χ4n) is 3.20. The molecule has 134 valence electrons. The van der Waals surface area contributed by atoms with Crippen LogP contribution in [0.25, 0.3) is 22.4 Å². The molecule has 0 aliphatic carbocycles. The third-order valence-electron chi connectivity index (χ3n) is 4.49. The van der Waals surface area contributed by atoms with Crippen LogP contribution >= 0.6 is 11.8 Å². The third-order valence-corrected chi connectivity index (χ3v) is 5.44. The fourth-order valence-corrected chi connectivity index (χ4v) is 4.20. The molecular weight excluding hydrogens is 370 g/mol. The van der Waals surface area contributed by atoms with E-state index >= 15 is 0 Å². The highest BCUT2D eigenvalue weighted by Gasteiger charge is 2.18. The minimum absolute atomic E-state index is 0.572. The minimum atomic E-state index is 0.572. The second kappa shape index (κ2) is 6.48. The summed E-state index contributed by atoms with van der Waals surface area (Å²) in [6, 6.07) is 21.8. The smallest absolute Gasteiger partial charge is 0.220 e. The Morgan fingerprint density at radius 3 is 2.64 bits per heavy atom. The first-order valence-electron chi connectivity index (χ1n) is 8.59. The average Bonchev–Trinajstić information content (AvgIpc) is 3.33. The topological polar surface area (TPSA) is 84.7 Å². The van der Waals surface area contributed by atoms with Crippen molar-refractivity contribution in [3.05, 3.63) is 71.8 Å². The molecule has 8 heteroatoms. The van der Waals surface area contributed by atoms with Crippen LogP contribution in [0.1, 0.15) is 11.1 Å². The van der Waals surface area contributed by atoms with Crippen LogP contribution in [0, 0.1) is 18.3 Å². The van der Waals surface area contributed by atoms with Gasteiger partial charge in [-0.15, -0.1) is 5.10 Å². The van der Waals surface area contributed by atoms with Crippen LogP contribution in [0.2, 0.25) is 0 Å². The van der Waals surface area contributed by atoms with E-state index in [1.54, 1.807) is 4.68 Å². The Balaban J connectivity index is 1.73. The van der Waals surface area contributed by atoms with Gasteiger partial charge in [-0.05, 0) is 65.0 Å². The van der Waals surface area contributed by atoms with Crippen LogP contribution in [0.3, 0.4) is 0 Å². The quantitative estimate of drug-likeness (QED) is 0.471. The normalized spacial score (nSPS) is 11.1. The number of nitriles is 1. The monoisotopic (exact) mass is 383 g/mol. The second-order valence-corrected chi connectivity index (χ2v) is 7.21. The van der Waals surface area contributed by atoms with Crippen molar-refractivity contribution in [3.63, 3.8) is 0 Å². The number of fused-ring (bicyclic) bond motifs is 3. The third kappa shape index (κ3) is 2.52. The summed E-state index contributed by atoms with van der Waals surface area (Å²) in [6.07, 6.45) is 0. The molecule has 0 radical (unpaired) electrons. The van der Waals surface area contributed by atoms with Crippen molar-refractivity contribution in [3.8, 4) is 11.8 Å². The van der Waals surface area contributed by atoms with Crippen molar-refractivity contribution in [2.75, 3.05) is 0 Å². The number of imidazole rings is 1. The van der Waals surface area contributed by atoms with Gasteiger partial charge in [-0.2, -0.15) is 9.94 Å². The van der Waals surface area contributed by atoms with Crippen molar-refractivity contribution >= 4 is 28.4 Å². The lowest BCUT2D eigenvalue weighted by molar-refractivity contribution is 0.755. The summed E-state index contributed by atoms with van der Waals surface area (Å²) in [5, 5.41) is 23.3. The molecule has 0 spiro atoms. The Bertz CT molecular complexity index is 1360. The van der Waals surface area contributed by atoms with E-state index in [4.69, 9.17) is 0 Å². The van der Waals surface area contributed by atoms with E-state index in [0.717, 1.165) is 27.3 Å². The highest BCUT2D eigenvalue weighted by Crippen LogP contribution is 2.33. The lowest BCUT2D eigenvalue weighted by Crippen LogP contribution is -2.01. The lowest BCUT2D eigenvalue weighted by Gasteiger charge is -2.09. The molecule has 5 rings (SSSR count). The summed E-state index contributed by atoms with van der Waals surface area (Å²) in [4.78, 5) is 4.69. The average molecular weight is 383 g/mol. The Hall–Kier alpha value is -3.70. The van der Waals surface area contributed by atoms with Crippen LogP contribution in [-0.4, -0.2) is 29.6 Å². The highest BCUT2D eigenvalue weighted by atomic mass is 32.2. The van der Waals surface area contributed by atoms with Gasteiger partial charge in [0, 0.05) is 0 Å². The zero-order chi connectivity index (χ0) is 19.1. The maximum atomic E-state index is 9.64. The summed E-state index contributed by atoms with van der Waals surface area (Å²) in [7, 11) is 0. The Morgan fingerprint density at radius 1 is 1.04 bits per heavy atom. The molecule has 28 heavy (non-hydrogen) atoms. The maximum absolute atomic E-state index is 9.64. The molecule has 0 atom stereocenters. The van der Waals surface area contributed by atoms with E-state index in [2.05, 4.69) is 26.6 Å². The Kier molecular flexibility index (Phi) is 3.81. The number of hydrogen-bond donors (Lipinski definition) is 0. The zero-order valence-corrected chi connectivity index (χ0v) is 15.6. The summed E-state index contributed by atoms with van der Waals surface area (Å²) < 4.78 is 3.69. The number of aryl methyl sites for hydroxylation is 1. The molecule has 2 aromatic carbocycles. The predicted molar refractivity (Wildman–Crippen MR) is 105 cm³/mol. The van der Waals surface area contributed by atoms with E-state index in [0.29, 0.717) is 16.4 Å². The molecule has 0 bridgehead atoms. The van der Waals surface area contributed by atoms with E-state index < -0.39 is 0 Å². The second-order valence-electron chi connectivity index (χ2n) is 6.22. The first kappa shape index (κ1) is 16.5. The van der Waals surface area contributed by atoms with Gasteiger partial charge in [0.2, 0.25) is 5.16 Å². The van der Waals surface area contributed by atoms with Crippen LogP contribution in [0.5, 0.6) is 0 Å². The van der Waals surface area contributed by atoms with Gasteiger partial charge in [0.15, 0.2) is 5.65 Å². The first-order valence-corrected chi connectivity index (χ1v) is 9.40. The maximum Gasteiger partial charge on any atom is 0.220 e. The molecule has 3 aromatic heterocycles. The first-order chi connectivity index (χ1) is 13.8. The summed E-state index contributed by atoms with van der Waals surface area (Å²) in [5.74, 6) is 0. The molecule has 0 N–H and O–H groups in total. The molecule has 7 nitrogen and oxygen atoms in total. The van der Waals surface area contributed by atoms with Gasteiger partial charge in [0.1, 0.15) is 6.07 Å². The summed E-state index contributed by atoms with van der Waals surface area (Å²) in [5.41, 5.74) is 4.75. The van der Waals surface area contributed by atoms with Crippen molar-refractivity contribution in [2.24, 2.45) is 0 Å². The standard InChI is InChI=1S/C20H13N7S/c1-13-11-18(28-20-23-24-25-27(20)14-7-3-2-4-8-14)26-17-10-6-5-9-16(17)22-19(26)15(13)12-21/h2-11H,1H3.